The highest BCUT2D eigenvalue weighted by Gasteiger charge is 2.13. The lowest BCUT2D eigenvalue weighted by molar-refractivity contribution is -0.118. The van der Waals surface area contributed by atoms with Crippen molar-refractivity contribution in [3.05, 3.63) is 17.9 Å². The van der Waals surface area contributed by atoms with Crippen LogP contribution in [-0.4, -0.2) is 25.6 Å². The lowest BCUT2D eigenvalue weighted by Gasteiger charge is -2.13. The van der Waals surface area contributed by atoms with Gasteiger partial charge in [-0.2, -0.15) is 8.78 Å². The number of nitrogens with one attached hydrogen (secondary N) is 2. The molecule has 1 amide bonds. The zero-order chi connectivity index (χ0) is 14.4. The van der Waals surface area contributed by atoms with Crippen molar-refractivity contribution in [1.29, 1.82) is 0 Å². The molecule has 0 radical (unpaired) electrons. The number of alkyl halides is 2. The first-order valence-corrected chi connectivity index (χ1v) is 5.42. The minimum absolute atomic E-state index is 0.0574. The number of hydrogen-bond acceptors (Lipinski definition) is 4. The number of nitrogens with two attached hydrogens (primary N) is 1. The van der Waals surface area contributed by atoms with E-state index in [0.717, 1.165) is 12.1 Å². The third-order valence-corrected chi connectivity index (χ3v) is 2.13. The number of benzene rings is 1. The van der Waals surface area contributed by atoms with Gasteiger partial charge in [-0.1, -0.05) is 0 Å². The SMILES string of the molecule is CC(=O)NCCNc1cc(OC(F)F)c(F)cc1N. The first-order chi connectivity index (χ1) is 8.90. The molecule has 0 aliphatic heterocycles. The Kier molecular flexibility index (Phi) is 5.28. The molecule has 1 aromatic rings. The minimum atomic E-state index is -3.12. The first-order valence-electron chi connectivity index (χ1n) is 5.42. The highest BCUT2D eigenvalue weighted by Crippen LogP contribution is 2.29. The summed E-state index contributed by atoms with van der Waals surface area (Å²) in [4.78, 5) is 10.6. The number of anilines is 2. The highest BCUT2D eigenvalue weighted by atomic mass is 19.3. The molecule has 19 heavy (non-hydrogen) atoms. The molecule has 0 heterocycles. The lowest BCUT2D eigenvalue weighted by Crippen LogP contribution is -2.26. The van der Waals surface area contributed by atoms with E-state index >= 15 is 0 Å². The van der Waals surface area contributed by atoms with Crippen LogP contribution in [0.25, 0.3) is 0 Å². The number of nitrogen functional groups attached to an aromatic ring is 1. The summed E-state index contributed by atoms with van der Waals surface area (Å²) in [7, 11) is 0. The van der Waals surface area contributed by atoms with Gasteiger partial charge >= 0.3 is 6.61 Å². The summed E-state index contributed by atoms with van der Waals surface area (Å²) in [5.41, 5.74) is 5.84. The summed E-state index contributed by atoms with van der Waals surface area (Å²) in [5, 5.41) is 5.30. The molecule has 0 atom stereocenters. The minimum Gasteiger partial charge on any atom is -0.432 e. The van der Waals surface area contributed by atoms with Crippen LogP contribution < -0.4 is 21.1 Å². The first kappa shape index (κ1) is 14.9. The number of carbonyl (C=O) groups excluding carboxylic acids is 1. The quantitative estimate of drug-likeness (QED) is 0.545. The smallest absolute Gasteiger partial charge is 0.387 e. The van der Waals surface area contributed by atoms with Gasteiger partial charge in [-0.15, -0.1) is 0 Å². The van der Waals surface area contributed by atoms with Gasteiger partial charge in [0.25, 0.3) is 0 Å². The molecule has 0 saturated heterocycles. The zero-order valence-corrected chi connectivity index (χ0v) is 10.2. The Bertz CT molecular complexity index is 455. The molecule has 0 spiro atoms. The molecule has 0 fully saturated rings. The predicted octanol–water partition coefficient (Wildman–Crippen LogP) is 1.56. The summed E-state index contributed by atoms with van der Waals surface area (Å²) in [6.45, 7) is -1.13. The van der Waals surface area contributed by atoms with Gasteiger partial charge < -0.3 is 21.1 Å². The third kappa shape index (κ3) is 4.94. The number of hydrogen-bond donors (Lipinski definition) is 3. The van der Waals surface area contributed by atoms with Gasteiger partial charge in [0.1, 0.15) is 0 Å². The van der Waals surface area contributed by atoms with Crippen LogP contribution in [0.3, 0.4) is 0 Å². The van der Waals surface area contributed by atoms with E-state index in [1.54, 1.807) is 0 Å². The van der Waals surface area contributed by atoms with Gasteiger partial charge in [0.15, 0.2) is 11.6 Å². The molecule has 1 aromatic carbocycles. The molecule has 0 aliphatic rings. The number of ether oxygens (including phenoxy) is 1. The van der Waals surface area contributed by atoms with Gasteiger partial charge in [0.2, 0.25) is 5.91 Å². The second-order valence-electron chi connectivity index (χ2n) is 3.66. The van der Waals surface area contributed by atoms with E-state index in [0.29, 0.717) is 13.1 Å². The number of rotatable bonds is 6. The maximum atomic E-state index is 13.3. The number of amides is 1. The van der Waals surface area contributed by atoms with E-state index in [-0.39, 0.29) is 17.3 Å². The molecule has 4 N–H and O–H groups in total. The summed E-state index contributed by atoms with van der Waals surface area (Å²) < 4.78 is 41.4. The Hall–Kier alpha value is -2.12. The molecule has 8 heteroatoms. The van der Waals surface area contributed by atoms with Crippen LogP contribution in [0.4, 0.5) is 24.5 Å². The topological polar surface area (TPSA) is 76.4 Å². The van der Waals surface area contributed by atoms with Gasteiger partial charge in [-0.3, -0.25) is 4.79 Å². The average Bonchev–Trinajstić information content (AvgIpc) is 2.29. The second-order valence-corrected chi connectivity index (χ2v) is 3.66. The Labute approximate surface area is 107 Å². The Morgan fingerprint density at radius 3 is 2.68 bits per heavy atom. The molecule has 0 aliphatic carbocycles. The van der Waals surface area contributed by atoms with E-state index in [9.17, 15) is 18.0 Å². The van der Waals surface area contributed by atoms with E-state index in [1.165, 1.54) is 6.92 Å². The lowest BCUT2D eigenvalue weighted by atomic mass is 10.2. The third-order valence-electron chi connectivity index (χ3n) is 2.13. The Morgan fingerprint density at radius 1 is 1.42 bits per heavy atom. The molecule has 1 rings (SSSR count). The van der Waals surface area contributed by atoms with E-state index < -0.39 is 18.2 Å². The number of halogens is 3. The van der Waals surface area contributed by atoms with E-state index in [2.05, 4.69) is 15.4 Å². The maximum Gasteiger partial charge on any atom is 0.387 e. The average molecular weight is 277 g/mol. The largest absolute Gasteiger partial charge is 0.432 e. The summed E-state index contributed by atoms with van der Waals surface area (Å²) in [5.74, 6) is -1.76. The van der Waals surface area contributed by atoms with Crippen LogP contribution >= 0.6 is 0 Å². The summed E-state index contributed by atoms with van der Waals surface area (Å²) in [6, 6.07) is 1.93. The van der Waals surface area contributed by atoms with Crippen LogP contribution in [0.2, 0.25) is 0 Å². The monoisotopic (exact) mass is 277 g/mol. The van der Waals surface area contributed by atoms with Crippen LogP contribution in [0.1, 0.15) is 6.92 Å². The van der Waals surface area contributed by atoms with Crippen molar-refractivity contribution in [1.82, 2.24) is 5.32 Å². The standard InChI is InChI=1S/C11H14F3N3O2/c1-6(18)16-2-3-17-9-5-10(19-11(13)14)7(12)4-8(9)15/h4-5,11,17H,2-3,15H2,1H3,(H,16,18). The molecule has 5 nitrogen and oxygen atoms in total. The van der Waals surface area contributed by atoms with Crippen molar-refractivity contribution in [3.8, 4) is 5.75 Å². The van der Waals surface area contributed by atoms with Crippen LogP contribution in [0.15, 0.2) is 12.1 Å². The molecule has 0 saturated carbocycles. The van der Waals surface area contributed by atoms with Crippen molar-refractivity contribution in [2.75, 3.05) is 24.1 Å². The van der Waals surface area contributed by atoms with Crippen LogP contribution in [0, 0.1) is 5.82 Å². The maximum absolute atomic E-state index is 13.3. The Morgan fingerprint density at radius 2 is 2.11 bits per heavy atom. The fourth-order valence-electron chi connectivity index (χ4n) is 1.34. The number of carbonyl (C=O) groups is 1. The van der Waals surface area contributed by atoms with Crippen molar-refractivity contribution >= 4 is 17.3 Å². The van der Waals surface area contributed by atoms with Crippen molar-refractivity contribution in [3.63, 3.8) is 0 Å². The van der Waals surface area contributed by atoms with Crippen molar-refractivity contribution in [2.45, 2.75) is 13.5 Å². The second kappa shape index (κ2) is 6.72. The molecule has 106 valence electrons. The molecule has 0 aromatic heterocycles. The van der Waals surface area contributed by atoms with Gasteiger partial charge in [-0.05, 0) is 0 Å². The predicted molar refractivity (Wildman–Crippen MR) is 64.6 cm³/mol. The van der Waals surface area contributed by atoms with Gasteiger partial charge in [0, 0.05) is 32.1 Å². The van der Waals surface area contributed by atoms with E-state index in [4.69, 9.17) is 5.73 Å². The van der Waals surface area contributed by atoms with Crippen molar-refractivity contribution in [2.24, 2.45) is 0 Å². The fourth-order valence-corrected chi connectivity index (χ4v) is 1.34. The summed E-state index contributed by atoms with van der Waals surface area (Å²) in [6.07, 6.45) is 0. The molecular weight excluding hydrogens is 263 g/mol. The highest BCUT2D eigenvalue weighted by molar-refractivity contribution is 5.73. The molecular formula is C11H14F3N3O2. The zero-order valence-electron chi connectivity index (χ0n) is 10.2. The molecule has 0 unspecified atom stereocenters. The van der Waals surface area contributed by atoms with Crippen LogP contribution in [-0.2, 0) is 4.79 Å². The van der Waals surface area contributed by atoms with E-state index in [1.807, 2.05) is 0 Å². The fraction of sp³-hybridized carbons (Fsp3) is 0.364. The van der Waals surface area contributed by atoms with Gasteiger partial charge in [0.05, 0.1) is 11.4 Å². The van der Waals surface area contributed by atoms with Crippen molar-refractivity contribution < 1.29 is 22.7 Å². The van der Waals surface area contributed by atoms with Gasteiger partial charge in [-0.25, -0.2) is 4.39 Å². The normalized spacial score (nSPS) is 10.4. The van der Waals surface area contributed by atoms with Crippen LogP contribution in [0.5, 0.6) is 5.75 Å². The molecule has 0 bridgehead atoms. The Balaban J connectivity index is 2.69. The summed E-state index contributed by atoms with van der Waals surface area (Å²) >= 11 is 0.